The number of nitrogens with two attached hydrogens (primary N) is 1. The summed E-state index contributed by atoms with van der Waals surface area (Å²) < 4.78 is 24.8. The first-order valence-electron chi connectivity index (χ1n) is 9.75. The molecule has 0 radical (unpaired) electrons. The molecule has 0 atom stereocenters. The highest BCUT2D eigenvalue weighted by molar-refractivity contribution is 5.95. The molecule has 1 aromatic heterocycles. The van der Waals surface area contributed by atoms with E-state index in [4.69, 9.17) is 15.2 Å². The van der Waals surface area contributed by atoms with Gasteiger partial charge in [-0.05, 0) is 37.3 Å². The first kappa shape index (κ1) is 21.4. The normalized spacial score (nSPS) is 18.3. The van der Waals surface area contributed by atoms with Crippen LogP contribution in [0.15, 0.2) is 36.4 Å². The number of nitrogens with one attached hydrogen (secondary N) is 2. The third kappa shape index (κ3) is 5.59. The lowest BCUT2D eigenvalue weighted by molar-refractivity contribution is 0.0728. The highest BCUT2D eigenvalue weighted by Crippen LogP contribution is 2.27. The number of halogens is 1. The highest BCUT2D eigenvalue weighted by atomic mass is 19.1. The summed E-state index contributed by atoms with van der Waals surface area (Å²) >= 11 is 0. The maximum atomic E-state index is 14.3. The van der Waals surface area contributed by atoms with Gasteiger partial charge in [-0.25, -0.2) is 9.18 Å². The van der Waals surface area contributed by atoms with Crippen molar-refractivity contribution >= 4 is 17.8 Å². The number of amides is 2. The summed E-state index contributed by atoms with van der Waals surface area (Å²) in [4.78, 5) is 27.4. The summed E-state index contributed by atoms with van der Waals surface area (Å²) in [5.41, 5.74) is 6.09. The summed E-state index contributed by atoms with van der Waals surface area (Å²) in [6, 6.07) is 10.6. The molecule has 2 amide bonds. The first-order chi connectivity index (χ1) is 14.5. The third-order valence-corrected chi connectivity index (χ3v) is 4.97. The van der Waals surface area contributed by atoms with Crippen molar-refractivity contribution in [1.82, 2.24) is 10.3 Å². The van der Waals surface area contributed by atoms with E-state index in [0.29, 0.717) is 32.2 Å². The number of rotatable bonds is 7. The quantitative estimate of drug-likeness (QED) is 0.639. The van der Waals surface area contributed by atoms with Crippen molar-refractivity contribution in [3.05, 3.63) is 53.3 Å². The SMILES string of the molecule is COc1nc(NC2CCC(OC(=O)NCc3ccccc3)CC2)c(F)cc1C(N)=O. The van der Waals surface area contributed by atoms with Gasteiger partial charge in [0.25, 0.3) is 5.91 Å². The lowest BCUT2D eigenvalue weighted by Crippen LogP contribution is -2.34. The van der Waals surface area contributed by atoms with Crippen LogP contribution in [0.1, 0.15) is 41.6 Å². The number of ether oxygens (including phenoxy) is 2. The van der Waals surface area contributed by atoms with Crippen molar-refractivity contribution in [1.29, 1.82) is 0 Å². The van der Waals surface area contributed by atoms with Gasteiger partial charge in [0.2, 0.25) is 5.88 Å². The fourth-order valence-electron chi connectivity index (χ4n) is 3.39. The van der Waals surface area contributed by atoms with Crippen molar-refractivity contribution in [2.75, 3.05) is 12.4 Å². The van der Waals surface area contributed by atoms with E-state index >= 15 is 0 Å². The minimum absolute atomic E-state index is 0.00169. The predicted octanol–water partition coefficient (Wildman–Crippen LogP) is 2.98. The number of carbonyl (C=O) groups excluding carboxylic acids is 2. The van der Waals surface area contributed by atoms with Crippen LogP contribution in [0.5, 0.6) is 5.88 Å². The first-order valence-corrected chi connectivity index (χ1v) is 9.75. The molecule has 1 aliphatic rings. The molecule has 1 fully saturated rings. The van der Waals surface area contributed by atoms with Crippen LogP contribution >= 0.6 is 0 Å². The molecule has 9 heteroatoms. The van der Waals surface area contributed by atoms with Crippen LogP contribution in [-0.2, 0) is 11.3 Å². The van der Waals surface area contributed by atoms with Gasteiger partial charge in [-0.2, -0.15) is 4.98 Å². The zero-order chi connectivity index (χ0) is 21.5. The Hall–Kier alpha value is -3.36. The molecule has 2 aromatic rings. The van der Waals surface area contributed by atoms with E-state index in [-0.39, 0.29) is 29.4 Å². The van der Waals surface area contributed by atoms with Crippen LogP contribution in [-0.4, -0.2) is 36.2 Å². The summed E-state index contributed by atoms with van der Waals surface area (Å²) in [6.45, 7) is 0.407. The number of nitrogens with zero attached hydrogens (tertiary/aromatic N) is 1. The number of hydrogen-bond acceptors (Lipinski definition) is 6. The molecular weight excluding hydrogens is 391 g/mol. The maximum Gasteiger partial charge on any atom is 0.407 e. The Labute approximate surface area is 174 Å². The Kier molecular flexibility index (Phi) is 7.05. The molecule has 4 N–H and O–H groups in total. The van der Waals surface area contributed by atoms with E-state index in [1.54, 1.807) is 0 Å². The molecule has 0 bridgehead atoms. The molecule has 30 heavy (non-hydrogen) atoms. The Morgan fingerprint density at radius 2 is 1.90 bits per heavy atom. The van der Waals surface area contributed by atoms with Crippen LogP contribution in [0.4, 0.5) is 15.0 Å². The zero-order valence-corrected chi connectivity index (χ0v) is 16.7. The number of primary amides is 1. The van der Waals surface area contributed by atoms with Gasteiger partial charge >= 0.3 is 6.09 Å². The molecule has 160 valence electrons. The monoisotopic (exact) mass is 416 g/mol. The van der Waals surface area contributed by atoms with E-state index < -0.39 is 17.8 Å². The molecule has 1 aliphatic carbocycles. The minimum Gasteiger partial charge on any atom is -0.480 e. The minimum atomic E-state index is -0.812. The van der Waals surface area contributed by atoms with Gasteiger partial charge < -0.3 is 25.8 Å². The van der Waals surface area contributed by atoms with E-state index in [2.05, 4.69) is 15.6 Å². The van der Waals surface area contributed by atoms with E-state index in [9.17, 15) is 14.0 Å². The number of alkyl carbamates (subject to hydrolysis) is 1. The highest BCUT2D eigenvalue weighted by Gasteiger charge is 2.25. The number of methoxy groups -OCH3 is 1. The summed E-state index contributed by atoms with van der Waals surface area (Å²) in [5, 5.41) is 5.78. The topological polar surface area (TPSA) is 116 Å². The second kappa shape index (κ2) is 9.91. The molecule has 0 saturated heterocycles. The van der Waals surface area contributed by atoms with E-state index in [0.717, 1.165) is 11.6 Å². The molecule has 3 rings (SSSR count). The average Bonchev–Trinajstić information content (AvgIpc) is 2.75. The number of carbonyl (C=O) groups is 2. The smallest absolute Gasteiger partial charge is 0.407 e. The van der Waals surface area contributed by atoms with Crippen molar-refractivity contribution in [3.8, 4) is 5.88 Å². The van der Waals surface area contributed by atoms with Gasteiger partial charge in [0.05, 0.1) is 7.11 Å². The molecule has 8 nitrogen and oxygen atoms in total. The van der Waals surface area contributed by atoms with Crippen LogP contribution in [0.3, 0.4) is 0 Å². The predicted molar refractivity (Wildman–Crippen MR) is 109 cm³/mol. The molecule has 1 aromatic carbocycles. The van der Waals surface area contributed by atoms with Crippen LogP contribution in [0, 0.1) is 5.82 Å². The van der Waals surface area contributed by atoms with E-state index in [1.807, 2.05) is 30.3 Å². The molecular formula is C21H25FN4O4. The number of benzene rings is 1. The van der Waals surface area contributed by atoms with Gasteiger partial charge in [0.1, 0.15) is 11.7 Å². The molecule has 0 spiro atoms. The van der Waals surface area contributed by atoms with Gasteiger partial charge in [0.15, 0.2) is 11.6 Å². The number of aromatic nitrogens is 1. The molecule has 0 aliphatic heterocycles. The van der Waals surface area contributed by atoms with Crippen LogP contribution < -0.4 is 21.1 Å². The molecule has 1 saturated carbocycles. The summed E-state index contributed by atoms with van der Waals surface area (Å²) in [7, 11) is 1.34. The standard InChI is InChI=1S/C21H25FN4O4/c1-29-20-16(18(23)27)11-17(22)19(26-20)25-14-7-9-15(10-8-14)30-21(28)24-12-13-5-3-2-4-6-13/h2-6,11,14-15H,7-10,12H2,1H3,(H2,23,27)(H,24,28)(H,25,26). The maximum absolute atomic E-state index is 14.3. The van der Waals surface area contributed by atoms with Gasteiger partial charge in [0, 0.05) is 12.6 Å². The van der Waals surface area contributed by atoms with Gasteiger partial charge in [-0.1, -0.05) is 30.3 Å². The summed E-state index contributed by atoms with van der Waals surface area (Å²) in [6.07, 6.45) is 2.01. The number of pyridine rings is 1. The second-order valence-electron chi connectivity index (χ2n) is 7.10. The van der Waals surface area contributed by atoms with E-state index in [1.165, 1.54) is 7.11 Å². The zero-order valence-electron chi connectivity index (χ0n) is 16.7. The Morgan fingerprint density at radius 3 is 2.53 bits per heavy atom. The average molecular weight is 416 g/mol. The Morgan fingerprint density at radius 1 is 1.20 bits per heavy atom. The van der Waals surface area contributed by atoms with Crippen molar-refractivity contribution in [2.45, 2.75) is 44.4 Å². The van der Waals surface area contributed by atoms with Crippen molar-refractivity contribution < 1.29 is 23.5 Å². The second-order valence-corrected chi connectivity index (χ2v) is 7.10. The fraction of sp³-hybridized carbons (Fsp3) is 0.381. The third-order valence-electron chi connectivity index (χ3n) is 4.97. The Bertz CT molecular complexity index is 886. The molecule has 0 unspecified atom stereocenters. The van der Waals surface area contributed by atoms with Crippen molar-refractivity contribution in [3.63, 3.8) is 0 Å². The van der Waals surface area contributed by atoms with Crippen molar-refractivity contribution in [2.24, 2.45) is 5.73 Å². The lowest BCUT2D eigenvalue weighted by atomic mass is 9.93. The Balaban J connectivity index is 1.47. The number of anilines is 1. The number of hydrogen-bond donors (Lipinski definition) is 3. The van der Waals surface area contributed by atoms with Crippen LogP contribution in [0.2, 0.25) is 0 Å². The largest absolute Gasteiger partial charge is 0.480 e. The fourth-order valence-corrected chi connectivity index (χ4v) is 3.39. The van der Waals surface area contributed by atoms with Gasteiger partial charge in [-0.15, -0.1) is 0 Å². The summed E-state index contributed by atoms with van der Waals surface area (Å²) in [5.74, 6) is -1.52. The lowest BCUT2D eigenvalue weighted by Gasteiger charge is -2.29. The van der Waals surface area contributed by atoms with Gasteiger partial charge in [-0.3, -0.25) is 4.79 Å². The van der Waals surface area contributed by atoms with Crippen LogP contribution in [0.25, 0.3) is 0 Å². The molecule has 1 heterocycles.